The minimum Gasteiger partial charge on any atom is -0.369 e. The summed E-state index contributed by atoms with van der Waals surface area (Å²) in [5.41, 5.74) is 0.654. The molecule has 3 nitrogen and oxygen atoms in total. The number of benzene rings is 1. The van der Waals surface area contributed by atoms with Crippen LogP contribution < -0.4 is 4.90 Å². The molecule has 1 aliphatic heterocycles. The first kappa shape index (κ1) is 14.8. The van der Waals surface area contributed by atoms with Crippen molar-refractivity contribution in [2.24, 2.45) is 5.92 Å². The smallest absolute Gasteiger partial charge is 0.225 e. The molecule has 0 N–H and O–H groups in total. The molecule has 1 amide bonds. The van der Waals surface area contributed by atoms with Crippen LogP contribution in [0.1, 0.15) is 26.7 Å². The molecule has 1 fully saturated rings. The van der Waals surface area contributed by atoms with Gasteiger partial charge in [0.05, 0.1) is 5.69 Å². The lowest BCUT2D eigenvalue weighted by atomic mass is 9.94. The van der Waals surface area contributed by atoms with Crippen molar-refractivity contribution in [2.75, 3.05) is 31.1 Å². The lowest BCUT2D eigenvalue weighted by molar-refractivity contribution is -0.135. The van der Waals surface area contributed by atoms with E-state index >= 15 is 0 Å². The molecule has 1 aromatic rings. The summed E-state index contributed by atoms with van der Waals surface area (Å²) in [6, 6.07) is 6.85. The summed E-state index contributed by atoms with van der Waals surface area (Å²) in [5, 5.41) is 0. The Morgan fingerprint density at radius 1 is 1.25 bits per heavy atom. The zero-order valence-corrected chi connectivity index (χ0v) is 12.3. The molecule has 0 unspecified atom stereocenters. The van der Waals surface area contributed by atoms with Crippen molar-refractivity contribution in [3.05, 3.63) is 30.1 Å². The number of hydrogen-bond donors (Lipinski definition) is 0. The van der Waals surface area contributed by atoms with Crippen LogP contribution in [0.3, 0.4) is 0 Å². The van der Waals surface area contributed by atoms with Crippen molar-refractivity contribution >= 4 is 11.6 Å². The molecule has 2 rings (SSSR count). The molecule has 1 aliphatic rings. The van der Waals surface area contributed by atoms with Crippen molar-refractivity contribution in [3.8, 4) is 0 Å². The highest BCUT2D eigenvalue weighted by molar-refractivity contribution is 5.79. The second kappa shape index (κ2) is 6.73. The normalized spacial score (nSPS) is 16.2. The third-order valence-electron chi connectivity index (χ3n) is 4.11. The van der Waals surface area contributed by atoms with Gasteiger partial charge in [-0.25, -0.2) is 4.39 Å². The number of piperidine rings is 1. The van der Waals surface area contributed by atoms with Gasteiger partial charge >= 0.3 is 0 Å². The van der Waals surface area contributed by atoms with E-state index in [-0.39, 0.29) is 17.6 Å². The molecule has 0 aromatic heterocycles. The summed E-state index contributed by atoms with van der Waals surface area (Å²) in [5.74, 6) is 0.169. The summed E-state index contributed by atoms with van der Waals surface area (Å²) in [7, 11) is 0. The molecular weight excluding hydrogens is 255 g/mol. The predicted molar refractivity (Wildman–Crippen MR) is 79.3 cm³/mol. The SMILES string of the molecule is CCN(CC)C(=O)C1CCN(c2ccccc2F)CC1. The van der Waals surface area contributed by atoms with E-state index in [4.69, 9.17) is 0 Å². The maximum atomic E-state index is 13.8. The first-order valence-corrected chi connectivity index (χ1v) is 7.45. The number of hydrogen-bond acceptors (Lipinski definition) is 2. The number of carbonyl (C=O) groups is 1. The number of nitrogens with zero attached hydrogens (tertiary/aromatic N) is 2. The van der Waals surface area contributed by atoms with Gasteiger partial charge in [-0.2, -0.15) is 0 Å². The summed E-state index contributed by atoms with van der Waals surface area (Å²) < 4.78 is 13.8. The molecule has 0 bridgehead atoms. The van der Waals surface area contributed by atoms with Crippen molar-refractivity contribution in [1.82, 2.24) is 4.90 Å². The highest BCUT2D eigenvalue weighted by Crippen LogP contribution is 2.26. The highest BCUT2D eigenvalue weighted by atomic mass is 19.1. The quantitative estimate of drug-likeness (QED) is 0.845. The molecule has 0 aliphatic carbocycles. The van der Waals surface area contributed by atoms with E-state index in [2.05, 4.69) is 0 Å². The van der Waals surface area contributed by atoms with Crippen molar-refractivity contribution < 1.29 is 9.18 Å². The fraction of sp³-hybridized carbons (Fsp3) is 0.562. The maximum Gasteiger partial charge on any atom is 0.225 e. The number of carbonyl (C=O) groups excluding carboxylic acids is 1. The lowest BCUT2D eigenvalue weighted by Gasteiger charge is -2.35. The molecule has 1 heterocycles. The molecular formula is C16H23FN2O. The van der Waals surface area contributed by atoms with Crippen molar-refractivity contribution in [2.45, 2.75) is 26.7 Å². The molecule has 0 spiro atoms. The van der Waals surface area contributed by atoms with E-state index in [0.717, 1.165) is 39.0 Å². The van der Waals surface area contributed by atoms with Gasteiger partial charge in [0.2, 0.25) is 5.91 Å². The van der Waals surface area contributed by atoms with Crippen LogP contribution >= 0.6 is 0 Å². The van der Waals surface area contributed by atoms with Crippen LogP contribution in [0.15, 0.2) is 24.3 Å². The molecule has 1 aromatic carbocycles. The molecule has 0 atom stereocenters. The predicted octanol–water partition coefficient (Wildman–Crippen LogP) is 2.91. The Labute approximate surface area is 120 Å². The first-order chi connectivity index (χ1) is 9.67. The summed E-state index contributed by atoms with van der Waals surface area (Å²) in [6.45, 7) is 7.05. The Hall–Kier alpha value is -1.58. The van der Waals surface area contributed by atoms with Gasteiger partial charge in [0, 0.05) is 32.1 Å². The molecule has 0 radical (unpaired) electrons. The van der Waals surface area contributed by atoms with Crippen LogP contribution in [0.4, 0.5) is 10.1 Å². The Morgan fingerprint density at radius 2 is 1.85 bits per heavy atom. The van der Waals surface area contributed by atoms with Gasteiger partial charge < -0.3 is 9.80 Å². The Balaban J connectivity index is 1.96. The standard InChI is InChI=1S/C16H23FN2O/c1-3-18(4-2)16(20)13-9-11-19(12-10-13)15-8-6-5-7-14(15)17/h5-8,13H,3-4,9-12H2,1-2H3. The van der Waals surface area contributed by atoms with E-state index in [1.54, 1.807) is 6.07 Å². The summed E-state index contributed by atoms with van der Waals surface area (Å²) in [6.07, 6.45) is 1.62. The van der Waals surface area contributed by atoms with Gasteiger partial charge in [0.15, 0.2) is 0 Å². The fourth-order valence-electron chi connectivity index (χ4n) is 2.87. The summed E-state index contributed by atoms with van der Waals surface area (Å²) in [4.78, 5) is 16.2. The molecule has 0 saturated carbocycles. The van der Waals surface area contributed by atoms with E-state index < -0.39 is 0 Å². The van der Waals surface area contributed by atoms with Gasteiger partial charge in [-0.15, -0.1) is 0 Å². The van der Waals surface area contributed by atoms with Crippen LogP contribution in [-0.2, 0) is 4.79 Å². The lowest BCUT2D eigenvalue weighted by Crippen LogP contribution is -2.42. The Bertz CT molecular complexity index is 452. The first-order valence-electron chi connectivity index (χ1n) is 7.45. The monoisotopic (exact) mass is 278 g/mol. The van der Waals surface area contributed by atoms with E-state index in [1.807, 2.05) is 35.8 Å². The minimum absolute atomic E-state index is 0.0953. The third-order valence-corrected chi connectivity index (χ3v) is 4.11. The van der Waals surface area contributed by atoms with Crippen LogP contribution in [-0.4, -0.2) is 37.0 Å². The molecule has 110 valence electrons. The highest BCUT2D eigenvalue weighted by Gasteiger charge is 2.28. The van der Waals surface area contributed by atoms with Crippen LogP contribution in [0, 0.1) is 11.7 Å². The summed E-state index contributed by atoms with van der Waals surface area (Å²) >= 11 is 0. The second-order valence-corrected chi connectivity index (χ2v) is 5.22. The van der Waals surface area contributed by atoms with Crippen LogP contribution in [0.2, 0.25) is 0 Å². The van der Waals surface area contributed by atoms with Gasteiger partial charge in [-0.1, -0.05) is 12.1 Å². The van der Waals surface area contributed by atoms with E-state index in [0.29, 0.717) is 5.69 Å². The largest absolute Gasteiger partial charge is 0.369 e. The minimum atomic E-state index is -0.180. The van der Waals surface area contributed by atoms with E-state index in [1.165, 1.54) is 6.07 Å². The fourth-order valence-corrected chi connectivity index (χ4v) is 2.87. The van der Waals surface area contributed by atoms with Crippen LogP contribution in [0.5, 0.6) is 0 Å². The number of halogens is 1. The zero-order valence-electron chi connectivity index (χ0n) is 12.3. The van der Waals surface area contributed by atoms with Crippen molar-refractivity contribution in [3.63, 3.8) is 0 Å². The van der Waals surface area contributed by atoms with Gasteiger partial charge in [0.1, 0.15) is 5.82 Å². The zero-order chi connectivity index (χ0) is 14.5. The van der Waals surface area contributed by atoms with Gasteiger partial charge in [-0.3, -0.25) is 4.79 Å². The maximum absolute atomic E-state index is 13.8. The third kappa shape index (κ3) is 3.11. The number of anilines is 1. The average molecular weight is 278 g/mol. The number of amides is 1. The van der Waals surface area contributed by atoms with Gasteiger partial charge in [-0.05, 0) is 38.8 Å². The van der Waals surface area contributed by atoms with E-state index in [9.17, 15) is 9.18 Å². The topological polar surface area (TPSA) is 23.6 Å². The Morgan fingerprint density at radius 3 is 2.40 bits per heavy atom. The van der Waals surface area contributed by atoms with Gasteiger partial charge in [0.25, 0.3) is 0 Å². The van der Waals surface area contributed by atoms with Crippen LogP contribution in [0.25, 0.3) is 0 Å². The molecule has 4 heteroatoms. The Kier molecular flexibility index (Phi) is 4.99. The average Bonchev–Trinajstić information content (AvgIpc) is 2.49. The second-order valence-electron chi connectivity index (χ2n) is 5.22. The molecule has 1 saturated heterocycles. The molecule has 20 heavy (non-hydrogen) atoms. The van der Waals surface area contributed by atoms with Crippen molar-refractivity contribution in [1.29, 1.82) is 0 Å². The number of rotatable bonds is 4. The number of para-hydroxylation sites is 1.